The van der Waals surface area contributed by atoms with Gasteiger partial charge in [0.25, 0.3) is 0 Å². The summed E-state index contributed by atoms with van der Waals surface area (Å²) in [4.78, 5) is 20.7. The van der Waals surface area contributed by atoms with E-state index in [4.69, 9.17) is 23.9 Å². The molecule has 234 valence electrons. The van der Waals surface area contributed by atoms with Crippen LogP contribution in [-0.4, -0.2) is 49.3 Å². The number of morpholine rings is 1. The van der Waals surface area contributed by atoms with Crippen LogP contribution in [-0.2, 0) is 11.3 Å². The van der Waals surface area contributed by atoms with Gasteiger partial charge in [-0.15, -0.1) is 0 Å². The van der Waals surface area contributed by atoms with Gasteiger partial charge in [0.15, 0.2) is 5.78 Å². The van der Waals surface area contributed by atoms with Crippen molar-refractivity contribution in [1.82, 2.24) is 4.98 Å². The number of aliphatic hydroxyl groups excluding tert-OH is 1. The smallest absolute Gasteiger partial charge is 0.216 e. The first-order valence-corrected chi connectivity index (χ1v) is 15.7. The van der Waals surface area contributed by atoms with Crippen LogP contribution in [0.3, 0.4) is 0 Å². The van der Waals surface area contributed by atoms with E-state index < -0.39 is 11.9 Å². The molecule has 1 N–H and O–H groups in total. The second-order valence-electron chi connectivity index (χ2n) is 10.7. The molecule has 1 saturated heterocycles. The highest BCUT2D eigenvalue weighted by molar-refractivity contribution is 9.10. The van der Waals surface area contributed by atoms with Crippen molar-refractivity contribution < 1.29 is 28.8 Å². The van der Waals surface area contributed by atoms with E-state index in [0.29, 0.717) is 52.9 Å². The molecule has 1 aliphatic rings. The number of methoxy groups -OCH3 is 1. The summed E-state index contributed by atoms with van der Waals surface area (Å²) in [6.45, 7) is 3.08. The molecule has 0 amide bonds. The van der Waals surface area contributed by atoms with Crippen LogP contribution in [0.4, 0.5) is 5.69 Å². The van der Waals surface area contributed by atoms with Crippen molar-refractivity contribution >= 4 is 27.4 Å². The highest BCUT2D eigenvalue weighted by Gasteiger charge is 2.24. The zero-order valence-corrected chi connectivity index (χ0v) is 26.9. The fourth-order valence-electron chi connectivity index (χ4n) is 5.19. The number of nitrogens with zero attached hydrogens (tertiary/aromatic N) is 2. The van der Waals surface area contributed by atoms with Crippen molar-refractivity contribution in [1.29, 1.82) is 0 Å². The third kappa shape index (κ3) is 7.39. The van der Waals surface area contributed by atoms with Gasteiger partial charge in [-0.25, -0.2) is 4.98 Å². The zero-order valence-electron chi connectivity index (χ0n) is 25.3. The summed E-state index contributed by atoms with van der Waals surface area (Å²) in [5.74, 6) is 1.59. The molecule has 2 heterocycles. The fraction of sp³-hybridized carbons (Fsp3) is 0.189. The van der Waals surface area contributed by atoms with Crippen molar-refractivity contribution in [2.45, 2.75) is 12.7 Å². The number of para-hydroxylation sites is 1. The first kappa shape index (κ1) is 31.3. The molecule has 46 heavy (non-hydrogen) atoms. The van der Waals surface area contributed by atoms with Crippen molar-refractivity contribution in [3.8, 4) is 34.4 Å². The number of Topliss-reactive ketones (excluding diaryl/α,β-unsaturated/α-hetero) is 1. The molecule has 1 atom stereocenters. The summed E-state index contributed by atoms with van der Waals surface area (Å²) in [7, 11) is 1.64. The predicted octanol–water partition coefficient (Wildman–Crippen LogP) is 7.64. The summed E-state index contributed by atoms with van der Waals surface area (Å²) >= 11 is 3.47. The minimum atomic E-state index is -1.34. The highest BCUT2D eigenvalue weighted by atomic mass is 79.9. The predicted molar refractivity (Wildman–Crippen MR) is 180 cm³/mol. The average Bonchev–Trinajstić information content (AvgIpc) is 3.12. The van der Waals surface area contributed by atoms with E-state index >= 15 is 0 Å². The maximum absolute atomic E-state index is 13.5. The van der Waals surface area contributed by atoms with E-state index in [1.54, 1.807) is 49.6 Å². The number of ether oxygens (including phenoxy) is 4. The Kier molecular flexibility index (Phi) is 9.93. The van der Waals surface area contributed by atoms with Crippen LogP contribution in [0.2, 0.25) is 0 Å². The van der Waals surface area contributed by atoms with Crippen molar-refractivity contribution in [3.05, 3.63) is 130 Å². The molecule has 1 fully saturated rings. The standard InChI is InChI=1S/C37H33BrN2O6/c1-43-29-14-11-25(12-15-29)24-45-35-23-28(40-17-19-44-20-18-40)22-32(39-35)30-9-5-6-10-33(30)46-34-16-13-27(38)21-31(34)37(42)36(41)26-7-3-2-4-8-26/h2-16,21-23,36,41H,17-20,24H2,1H3. The molecular weight excluding hydrogens is 648 g/mol. The van der Waals surface area contributed by atoms with Crippen LogP contribution in [0, 0.1) is 0 Å². The van der Waals surface area contributed by atoms with Crippen LogP contribution >= 0.6 is 15.9 Å². The maximum atomic E-state index is 13.5. The van der Waals surface area contributed by atoms with Crippen LogP contribution in [0.1, 0.15) is 27.6 Å². The van der Waals surface area contributed by atoms with Gasteiger partial charge >= 0.3 is 0 Å². The minimum Gasteiger partial charge on any atom is -0.497 e. The van der Waals surface area contributed by atoms with Crippen molar-refractivity contribution in [2.24, 2.45) is 0 Å². The van der Waals surface area contributed by atoms with Gasteiger partial charge in [0, 0.05) is 34.9 Å². The van der Waals surface area contributed by atoms with Crippen molar-refractivity contribution in [2.75, 3.05) is 38.3 Å². The molecule has 9 heteroatoms. The molecule has 0 bridgehead atoms. The Hall–Kier alpha value is -4.70. The Morgan fingerprint density at radius 1 is 0.913 bits per heavy atom. The Morgan fingerprint density at radius 2 is 1.65 bits per heavy atom. The van der Waals surface area contributed by atoms with Gasteiger partial charge < -0.3 is 29.0 Å². The summed E-state index contributed by atoms with van der Waals surface area (Å²) in [5, 5.41) is 10.9. The molecular formula is C37H33BrN2O6. The van der Waals surface area contributed by atoms with E-state index in [1.807, 2.05) is 66.7 Å². The van der Waals surface area contributed by atoms with Gasteiger partial charge in [0.1, 0.15) is 30.0 Å². The number of ketones is 1. The Bertz CT molecular complexity index is 1790. The molecule has 1 aliphatic heterocycles. The lowest BCUT2D eigenvalue weighted by Gasteiger charge is -2.29. The highest BCUT2D eigenvalue weighted by Crippen LogP contribution is 2.38. The third-order valence-electron chi connectivity index (χ3n) is 7.66. The van der Waals surface area contributed by atoms with Crippen LogP contribution in [0.5, 0.6) is 23.1 Å². The summed E-state index contributed by atoms with van der Waals surface area (Å²) in [6.07, 6.45) is -1.34. The molecule has 0 aliphatic carbocycles. The second kappa shape index (κ2) is 14.6. The number of rotatable bonds is 11. The Morgan fingerprint density at radius 3 is 2.41 bits per heavy atom. The largest absolute Gasteiger partial charge is 0.497 e. The number of halogens is 1. The summed E-state index contributed by atoms with van der Waals surface area (Å²) < 4.78 is 24.2. The number of carbonyl (C=O) groups excluding carboxylic acids is 1. The summed E-state index contributed by atoms with van der Waals surface area (Å²) in [6, 6.07) is 33.2. The number of aromatic nitrogens is 1. The SMILES string of the molecule is COc1ccc(COc2cc(N3CCOCC3)cc(-c3ccccc3Oc3ccc(Br)cc3C(=O)C(O)c3ccccc3)n2)cc1. The van der Waals surface area contributed by atoms with Gasteiger partial charge in [-0.05, 0) is 59.7 Å². The quantitative estimate of drug-likeness (QED) is 0.142. The maximum Gasteiger partial charge on any atom is 0.216 e. The normalized spacial score (nSPS) is 13.6. The van der Waals surface area contributed by atoms with Gasteiger partial charge in [-0.3, -0.25) is 4.79 Å². The number of hydrogen-bond donors (Lipinski definition) is 1. The van der Waals surface area contributed by atoms with E-state index in [-0.39, 0.29) is 5.56 Å². The van der Waals surface area contributed by atoms with Gasteiger partial charge in [0.2, 0.25) is 5.88 Å². The molecule has 1 aromatic heterocycles. The monoisotopic (exact) mass is 680 g/mol. The third-order valence-corrected chi connectivity index (χ3v) is 8.16. The van der Waals surface area contributed by atoms with Crippen LogP contribution in [0.25, 0.3) is 11.3 Å². The Balaban J connectivity index is 1.33. The van der Waals surface area contributed by atoms with Crippen molar-refractivity contribution in [3.63, 3.8) is 0 Å². The minimum absolute atomic E-state index is 0.249. The number of hydrogen-bond acceptors (Lipinski definition) is 8. The number of aliphatic hydroxyl groups is 1. The van der Waals surface area contributed by atoms with Gasteiger partial charge in [-0.1, -0.05) is 70.5 Å². The van der Waals surface area contributed by atoms with Gasteiger partial charge in [-0.2, -0.15) is 0 Å². The van der Waals surface area contributed by atoms with E-state index in [9.17, 15) is 9.90 Å². The number of pyridine rings is 1. The van der Waals surface area contributed by atoms with Crippen LogP contribution < -0.4 is 19.1 Å². The molecule has 0 radical (unpaired) electrons. The zero-order chi connectivity index (χ0) is 31.9. The van der Waals surface area contributed by atoms with E-state index in [2.05, 4.69) is 20.8 Å². The van der Waals surface area contributed by atoms with E-state index in [1.165, 1.54) is 0 Å². The van der Waals surface area contributed by atoms with E-state index in [0.717, 1.165) is 35.7 Å². The second-order valence-corrected chi connectivity index (χ2v) is 11.6. The molecule has 1 unspecified atom stereocenters. The lowest BCUT2D eigenvalue weighted by molar-refractivity contribution is 0.0745. The number of benzene rings is 4. The van der Waals surface area contributed by atoms with Crippen LogP contribution in [0.15, 0.2) is 114 Å². The molecule has 5 aromatic rings. The molecule has 4 aromatic carbocycles. The topological polar surface area (TPSA) is 90.4 Å². The first-order chi connectivity index (χ1) is 22.5. The average molecular weight is 682 g/mol. The molecule has 0 spiro atoms. The lowest BCUT2D eigenvalue weighted by Crippen LogP contribution is -2.36. The lowest BCUT2D eigenvalue weighted by atomic mass is 9.99. The molecule has 8 nitrogen and oxygen atoms in total. The van der Waals surface area contributed by atoms with Gasteiger partial charge in [0.05, 0.1) is 31.6 Å². The Labute approximate surface area is 276 Å². The number of anilines is 1. The first-order valence-electron chi connectivity index (χ1n) is 14.9. The number of carbonyl (C=O) groups is 1. The fourth-order valence-corrected chi connectivity index (χ4v) is 5.55. The molecule has 0 saturated carbocycles. The molecule has 6 rings (SSSR count). The summed E-state index contributed by atoms with van der Waals surface area (Å²) in [5.41, 5.74) is 4.06.